The number of carbonyl (C=O) groups excluding carboxylic acids is 1. The molecule has 4 rings (SSSR count). The summed E-state index contributed by atoms with van der Waals surface area (Å²) in [6.07, 6.45) is 0. The second-order valence-electron chi connectivity index (χ2n) is 7.23. The fourth-order valence-corrected chi connectivity index (χ4v) is 5.96. The molecule has 0 N–H and O–H groups in total. The number of rotatable bonds is 3. The Morgan fingerprint density at radius 1 is 1.04 bits per heavy atom. The van der Waals surface area contributed by atoms with Crippen LogP contribution in [0.3, 0.4) is 0 Å². The van der Waals surface area contributed by atoms with Crippen LogP contribution in [0.2, 0.25) is 0 Å². The van der Waals surface area contributed by atoms with E-state index in [1.54, 1.807) is 12.1 Å². The van der Waals surface area contributed by atoms with Gasteiger partial charge in [0.05, 0.1) is 34.2 Å². The normalized spacial score (nSPS) is 23.1. The highest BCUT2D eigenvalue weighted by atomic mass is 32.2. The highest BCUT2D eigenvalue weighted by Gasteiger charge is 2.54. The van der Waals surface area contributed by atoms with Gasteiger partial charge < -0.3 is 0 Å². The van der Waals surface area contributed by atoms with Crippen molar-refractivity contribution in [2.75, 3.05) is 21.3 Å². The first-order chi connectivity index (χ1) is 13.2. The van der Waals surface area contributed by atoms with Gasteiger partial charge in [-0.15, -0.1) is 0 Å². The summed E-state index contributed by atoms with van der Waals surface area (Å²) >= 11 is 0. The molecule has 2 fully saturated rings. The van der Waals surface area contributed by atoms with E-state index in [0.29, 0.717) is 11.4 Å². The lowest BCUT2D eigenvalue weighted by Crippen LogP contribution is -2.38. The Kier molecular flexibility index (Phi) is 4.15. The average Bonchev–Trinajstić information content (AvgIpc) is 3.06. The summed E-state index contributed by atoms with van der Waals surface area (Å²) in [5, 5.41) is 11.1. The predicted octanol–water partition coefficient (Wildman–Crippen LogP) is 2.82. The average molecular weight is 401 g/mol. The number of benzene rings is 2. The van der Waals surface area contributed by atoms with E-state index >= 15 is 0 Å². The van der Waals surface area contributed by atoms with Gasteiger partial charge in [-0.25, -0.2) is 13.2 Å². The molecule has 2 aromatic carbocycles. The zero-order chi connectivity index (χ0) is 20.2. The SMILES string of the molecule is Cc1cccc(N2C(=O)N(c3cccc([N+](=O)[O-])c3)[C@@H]3CS(=O)(=O)C[C@H]32)c1C. The molecule has 2 saturated heterocycles. The van der Waals surface area contributed by atoms with Gasteiger partial charge in [0.1, 0.15) is 0 Å². The van der Waals surface area contributed by atoms with Crippen LogP contribution in [0.25, 0.3) is 0 Å². The van der Waals surface area contributed by atoms with Gasteiger partial charge in [-0.05, 0) is 37.1 Å². The largest absolute Gasteiger partial charge is 0.329 e. The molecule has 8 nitrogen and oxygen atoms in total. The van der Waals surface area contributed by atoms with Crippen molar-refractivity contribution in [2.45, 2.75) is 25.9 Å². The second kappa shape index (κ2) is 6.30. The smallest absolute Gasteiger partial charge is 0.288 e. The number of fused-ring (bicyclic) bond motifs is 1. The van der Waals surface area contributed by atoms with Crippen molar-refractivity contribution in [1.29, 1.82) is 0 Å². The molecular formula is C19H19N3O5S. The number of hydrogen-bond acceptors (Lipinski definition) is 5. The van der Waals surface area contributed by atoms with Gasteiger partial charge in [-0.2, -0.15) is 0 Å². The van der Waals surface area contributed by atoms with Gasteiger partial charge in [-0.3, -0.25) is 19.9 Å². The molecular weight excluding hydrogens is 382 g/mol. The molecule has 28 heavy (non-hydrogen) atoms. The van der Waals surface area contributed by atoms with E-state index in [4.69, 9.17) is 0 Å². The van der Waals surface area contributed by atoms with E-state index in [0.717, 1.165) is 11.1 Å². The van der Waals surface area contributed by atoms with Crippen LogP contribution < -0.4 is 9.80 Å². The zero-order valence-corrected chi connectivity index (χ0v) is 16.2. The third kappa shape index (κ3) is 2.82. The molecule has 0 unspecified atom stereocenters. The van der Waals surface area contributed by atoms with Crippen LogP contribution in [-0.4, -0.2) is 43.0 Å². The van der Waals surface area contributed by atoms with Crippen LogP contribution in [0.1, 0.15) is 11.1 Å². The monoisotopic (exact) mass is 401 g/mol. The number of sulfone groups is 1. The molecule has 0 bridgehead atoms. The molecule has 2 aromatic rings. The van der Waals surface area contributed by atoms with Crippen LogP contribution >= 0.6 is 0 Å². The number of carbonyl (C=O) groups is 1. The summed E-state index contributed by atoms with van der Waals surface area (Å²) in [6.45, 7) is 3.83. The molecule has 146 valence electrons. The highest BCUT2D eigenvalue weighted by Crippen LogP contribution is 2.40. The minimum Gasteiger partial charge on any atom is -0.288 e. The van der Waals surface area contributed by atoms with Crippen LogP contribution in [0, 0.1) is 24.0 Å². The Morgan fingerprint density at radius 2 is 1.68 bits per heavy atom. The standard InChI is InChI=1S/C19H19N3O5S/c1-12-5-3-8-16(13(12)2)21-18-11-28(26,27)10-17(18)20(19(21)23)14-6-4-7-15(9-14)22(24)25/h3-9,17-18H,10-11H2,1-2H3/t17-,18-/m1/s1. The summed E-state index contributed by atoms with van der Waals surface area (Å²) < 4.78 is 24.7. The summed E-state index contributed by atoms with van der Waals surface area (Å²) in [4.78, 5) is 26.9. The second-order valence-corrected chi connectivity index (χ2v) is 9.38. The summed E-state index contributed by atoms with van der Waals surface area (Å²) in [7, 11) is -3.33. The third-order valence-electron chi connectivity index (χ3n) is 5.52. The number of amides is 2. The number of hydrogen-bond donors (Lipinski definition) is 0. The summed E-state index contributed by atoms with van der Waals surface area (Å²) in [5.74, 6) is -0.282. The third-order valence-corrected chi connectivity index (χ3v) is 7.22. The van der Waals surface area contributed by atoms with Gasteiger partial charge in [0.15, 0.2) is 9.84 Å². The van der Waals surface area contributed by atoms with Crippen molar-refractivity contribution in [3.05, 3.63) is 63.7 Å². The molecule has 2 aliphatic rings. The van der Waals surface area contributed by atoms with Crippen molar-refractivity contribution in [1.82, 2.24) is 0 Å². The number of anilines is 2. The molecule has 2 aliphatic heterocycles. The lowest BCUT2D eigenvalue weighted by atomic mass is 10.1. The molecule has 2 amide bonds. The van der Waals surface area contributed by atoms with Crippen molar-refractivity contribution in [2.24, 2.45) is 0 Å². The molecule has 2 heterocycles. The lowest BCUT2D eigenvalue weighted by molar-refractivity contribution is -0.384. The van der Waals surface area contributed by atoms with E-state index in [1.165, 1.54) is 28.0 Å². The van der Waals surface area contributed by atoms with E-state index in [1.807, 2.05) is 26.0 Å². The predicted molar refractivity (Wildman–Crippen MR) is 106 cm³/mol. The Hall–Kier alpha value is -2.94. The summed E-state index contributed by atoms with van der Waals surface area (Å²) in [6, 6.07) is 9.84. The van der Waals surface area contributed by atoms with E-state index in [2.05, 4.69) is 0 Å². The van der Waals surface area contributed by atoms with Crippen LogP contribution in [0.5, 0.6) is 0 Å². The van der Waals surface area contributed by atoms with Crippen LogP contribution in [-0.2, 0) is 9.84 Å². The van der Waals surface area contributed by atoms with Crippen molar-refractivity contribution in [3.8, 4) is 0 Å². The molecule has 0 aromatic heterocycles. The maximum atomic E-state index is 13.4. The van der Waals surface area contributed by atoms with Crippen molar-refractivity contribution in [3.63, 3.8) is 0 Å². The molecule has 0 spiro atoms. The van der Waals surface area contributed by atoms with Gasteiger partial charge in [0, 0.05) is 17.8 Å². The molecule has 2 atom stereocenters. The quantitative estimate of drug-likeness (QED) is 0.447. The maximum absolute atomic E-state index is 13.4. The van der Waals surface area contributed by atoms with Gasteiger partial charge in [-0.1, -0.05) is 18.2 Å². The van der Waals surface area contributed by atoms with Crippen LogP contribution in [0.4, 0.5) is 21.9 Å². The van der Waals surface area contributed by atoms with Gasteiger partial charge >= 0.3 is 6.03 Å². The van der Waals surface area contributed by atoms with Gasteiger partial charge in [0.2, 0.25) is 0 Å². The zero-order valence-electron chi connectivity index (χ0n) is 15.4. The first-order valence-electron chi connectivity index (χ1n) is 8.83. The number of non-ortho nitro benzene ring substituents is 1. The molecule has 9 heteroatoms. The van der Waals surface area contributed by atoms with Gasteiger partial charge in [0.25, 0.3) is 5.69 Å². The number of nitro groups is 1. The topological polar surface area (TPSA) is 101 Å². The molecule has 0 radical (unpaired) electrons. The fourth-order valence-electron chi connectivity index (χ4n) is 4.04. The van der Waals surface area contributed by atoms with Crippen LogP contribution in [0.15, 0.2) is 42.5 Å². The Balaban J connectivity index is 1.85. The Bertz CT molecular complexity index is 1100. The number of aryl methyl sites for hydroxylation is 1. The lowest BCUT2D eigenvalue weighted by Gasteiger charge is -2.24. The highest BCUT2D eigenvalue weighted by molar-refractivity contribution is 7.91. The van der Waals surface area contributed by atoms with Crippen molar-refractivity contribution < 1.29 is 18.1 Å². The minimum absolute atomic E-state index is 0.123. The Labute approximate surface area is 162 Å². The number of nitro benzene ring substituents is 1. The maximum Gasteiger partial charge on any atom is 0.329 e. The number of urea groups is 1. The first-order valence-corrected chi connectivity index (χ1v) is 10.7. The first kappa shape index (κ1) is 18.4. The fraction of sp³-hybridized carbons (Fsp3) is 0.316. The molecule has 0 saturated carbocycles. The van der Waals surface area contributed by atoms with E-state index in [9.17, 15) is 23.3 Å². The summed E-state index contributed by atoms with van der Waals surface area (Å²) in [5.41, 5.74) is 2.76. The number of nitrogens with zero attached hydrogens (tertiary/aromatic N) is 3. The minimum atomic E-state index is -3.33. The van der Waals surface area contributed by atoms with E-state index < -0.39 is 26.8 Å². The molecule has 0 aliphatic carbocycles. The Morgan fingerprint density at radius 3 is 2.36 bits per heavy atom. The van der Waals surface area contributed by atoms with E-state index in [-0.39, 0.29) is 23.2 Å². The van der Waals surface area contributed by atoms with Crippen molar-refractivity contribution >= 4 is 32.9 Å².